The molecular formula is C26H29N3O5S. The van der Waals surface area contributed by atoms with Gasteiger partial charge in [-0.15, -0.1) is 11.3 Å². The molecule has 0 bridgehead atoms. The minimum absolute atomic E-state index is 0.0981. The molecule has 0 spiro atoms. The molecule has 2 N–H and O–H groups in total. The molecule has 1 aromatic carbocycles. The SMILES string of the molecule is CCOc1ccc(N(C(=O)CNC(=O)c2ccco2)C(C(=O)NC2CCCC2)c2cccs2)cc1. The molecule has 1 saturated carbocycles. The van der Waals surface area contributed by atoms with E-state index in [-0.39, 0.29) is 24.3 Å². The molecule has 1 unspecified atom stereocenters. The summed E-state index contributed by atoms with van der Waals surface area (Å²) in [4.78, 5) is 41.7. The number of carbonyl (C=O) groups excluding carboxylic acids is 3. The van der Waals surface area contributed by atoms with Crippen LogP contribution in [0, 0.1) is 0 Å². The van der Waals surface area contributed by atoms with E-state index in [9.17, 15) is 14.4 Å². The molecule has 35 heavy (non-hydrogen) atoms. The number of rotatable bonds is 10. The summed E-state index contributed by atoms with van der Waals surface area (Å²) in [6, 6.07) is 13.1. The van der Waals surface area contributed by atoms with Gasteiger partial charge >= 0.3 is 0 Å². The normalized spacial score (nSPS) is 14.3. The van der Waals surface area contributed by atoms with Crippen molar-refractivity contribution in [2.24, 2.45) is 0 Å². The van der Waals surface area contributed by atoms with Crippen LogP contribution in [-0.2, 0) is 9.59 Å². The Labute approximate surface area is 208 Å². The number of anilines is 1. The van der Waals surface area contributed by atoms with Crippen molar-refractivity contribution in [3.8, 4) is 5.75 Å². The molecule has 1 fully saturated rings. The number of benzene rings is 1. The van der Waals surface area contributed by atoms with E-state index >= 15 is 0 Å². The number of hydrogen-bond donors (Lipinski definition) is 2. The molecule has 3 aromatic rings. The number of thiophene rings is 1. The summed E-state index contributed by atoms with van der Waals surface area (Å²) in [5.41, 5.74) is 0.533. The lowest BCUT2D eigenvalue weighted by molar-refractivity contribution is -0.126. The summed E-state index contributed by atoms with van der Waals surface area (Å²) in [7, 11) is 0. The molecule has 3 amide bonds. The number of carbonyl (C=O) groups is 3. The molecule has 184 valence electrons. The lowest BCUT2D eigenvalue weighted by atomic mass is 10.1. The van der Waals surface area contributed by atoms with Crippen LogP contribution in [0.3, 0.4) is 0 Å². The molecule has 2 aromatic heterocycles. The van der Waals surface area contributed by atoms with Gasteiger partial charge in [0.2, 0.25) is 11.8 Å². The predicted octanol–water partition coefficient (Wildman–Crippen LogP) is 4.30. The van der Waals surface area contributed by atoms with Crippen molar-refractivity contribution in [1.82, 2.24) is 10.6 Å². The van der Waals surface area contributed by atoms with E-state index < -0.39 is 17.9 Å². The molecule has 1 aliphatic carbocycles. The predicted molar refractivity (Wildman–Crippen MR) is 134 cm³/mol. The average Bonchev–Trinajstić information content (AvgIpc) is 3.65. The van der Waals surface area contributed by atoms with Gasteiger partial charge < -0.3 is 19.8 Å². The van der Waals surface area contributed by atoms with Crippen LogP contribution in [-0.4, -0.2) is 36.9 Å². The van der Waals surface area contributed by atoms with Crippen molar-refractivity contribution in [2.45, 2.75) is 44.7 Å². The summed E-state index contributed by atoms with van der Waals surface area (Å²) in [5.74, 6) is -0.386. The second kappa shape index (κ2) is 11.7. The maximum atomic E-state index is 13.6. The Balaban J connectivity index is 1.63. The molecule has 8 nitrogen and oxygen atoms in total. The van der Waals surface area contributed by atoms with Crippen LogP contribution in [0.15, 0.2) is 64.6 Å². The topological polar surface area (TPSA) is 101 Å². The van der Waals surface area contributed by atoms with E-state index in [1.807, 2.05) is 24.4 Å². The van der Waals surface area contributed by atoms with Gasteiger partial charge in [0.05, 0.1) is 19.4 Å². The van der Waals surface area contributed by atoms with Gasteiger partial charge in [0.1, 0.15) is 11.8 Å². The molecule has 0 radical (unpaired) electrons. The monoisotopic (exact) mass is 495 g/mol. The fourth-order valence-electron chi connectivity index (χ4n) is 4.21. The Morgan fingerprint density at radius 1 is 1.11 bits per heavy atom. The summed E-state index contributed by atoms with van der Waals surface area (Å²) in [6.45, 7) is 2.11. The highest BCUT2D eigenvalue weighted by atomic mass is 32.1. The Morgan fingerprint density at radius 2 is 1.89 bits per heavy atom. The van der Waals surface area contributed by atoms with Crippen LogP contribution in [0.25, 0.3) is 0 Å². The number of nitrogens with one attached hydrogen (secondary N) is 2. The van der Waals surface area contributed by atoms with Crippen LogP contribution in [0.2, 0.25) is 0 Å². The highest BCUT2D eigenvalue weighted by Gasteiger charge is 2.35. The lowest BCUT2D eigenvalue weighted by Gasteiger charge is -2.31. The molecule has 9 heteroatoms. The van der Waals surface area contributed by atoms with Gasteiger partial charge in [0.15, 0.2) is 5.76 Å². The first-order valence-electron chi connectivity index (χ1n) is 11.8. The molecule has 0 aliphatic heterocycles. The Bertz CT molecular complexity index is 1110. The minimum Gasteiger partial charge on any atom is -0.494 e. The third kappa shape index (κ3) is 6.10. The van der Waals surface area contributed by atoms with Gasteiger partial charge in [-0.3, -0.25) is 19.3 Å². The molecular weight excluding hydrogens is 466 g/mol. The third-order valence-corrected chi connectivity index (χ3v) is 6.79. The number of furan rings is 1. The Morgan fingerprint density at radius 3 is 2.51 bits per heavy atom. The summed E-state index contributed by atoms with van der Waals surface area (Å²) >= 11 is 1.41. The highest BCUT2D eigenvalue weighted by molar-refractivity contribution is 7.10. The zero-order valence-corrected chi connectivity index (χ0v) is 20.4. The van der Waals surface area contributed by atoms with Crippen molar-refractivity contribution in [3.05, 3.63) is 70.8 Å². The van der Waals surface area contributed by atoms with Gasteiger partial charge in [-0.2, -0.15) is 0 Å². The van der Waals surface area contributed by atoms with E-state index in [1.165, 1.54) is 28.6 Å². The van der Waals surface area contributed by atoms with Gasteiger partial charge in [-0.05, 0) is 67.6 Å². The van der Waals surface area contributed by atoms with E-state index in [1.54, 1.807) is 30.3 Å². The van der Waals surface area contributed by atoms with Gasteiger partial charge in [0.25, 0.3) is 5.91 Å². The number of nitrogens with zero attached hydrogens (tertiary/aromatic N) is 1. The smallest absolute Gasteiger partial charge is 0.287 e. The maximum absolute atomic E-state index is 13.6. The quantitative estimate of drug-likeness (QED) is 0.437. The fraction of sp³-hybridized carbons (Fsp3) is 0.346. The summed E-state index contributed by atoms with van der Waals surface area (Å²) in [5, 5.41) is 7.62. The summed E-state index contributed by atoms with van der Waals surface area (Å²) in [6.07, 6.45) is 5.41. The second-order valence-electron chi connectivity index (χ2n) is 8.26. The van der Waals surface area contributed by atoms with Gasteiger partial charge in [-0.25, -0.2) is 0 Å². The number of amides is 3. The van der Waals surface area contributed by atoms with Crippen LogP contribution < -0.4 is 20.3 Å². The molecule has 0 saturated heterocycles. The number of hydrogen-bond acceptors (Lipinski definition) is 6. The molecule has 4 rings (SSSR count). The highest BCUT2D eigenvalue weighted by Crippen LogP contribution is 2.32. The summed E-state index contributed by atoms with van der Waals surface area (Å²) < 4.78 is 10.7. The van der Waals surface area contributed by atoms with E-state index in [0.29, 0.717) is 18.0 Å². The Hall–Kier alpha value is -3.59. The average molecular weight is 496 g/mol. The van der Waals surface area contributed by atoms with Crippen LogP contribution in [0.1, 0.15) is 54.1 Å². The third-order valence-electron chi connectivity index (χ3n) is 5.86. The van der Waals surface area contributed by atoms with Crippen LogP contribution in [0.4, 0.5) is 5.69 Å². The Kier molecular flexibility index (Phi) is 8.20. The van der Waals surface area contributed by atoms with Crippen molar-refractivity contribution >= 4 is 34.7 Å². The standard InChI is InChI=1S/C26H29N3O5S/c1-2-33-20-13-11-19(12-14-20)29(23(30)17-27-25(31)21-9-5-15-34-21)24(22-10-6-16-35-22)26(32)28-18-7-3-4-8-18/h5-6,9-16,18,24H,2-4,7-8,17H2,1H3,(H,27,31)(H,28,32). The first-order chi connectivity index (χ1) is 17.1. The lowest BCUT2D eigenvalue weighted by Crippen LogP contribution is -2.48. The molecule has 2 heterocycles. The largest absolute Gasteiger partial charge is 0.494 e. The fourth-order valence-corrected chi connectivity index (χ4v) is 5.03. The zero-order chi connectivity index (χ0) is 24.6. The van der Waals surface area contributed by atoms with E-state index in [2.05, 4.69) is 10.6 Å². The number of ether oxygens (including phenoxy) is 1. The zero-order valence-electron chi connectivity index (χ0n) is 19.6. The van der Waals surface area contributed by atoms with Crippen molar-refractivity contribution in [2.75, 3.05) is 18.1 Å². The molecule has 1 aliphatic rings. The second-order valence-corrected chi connectivity index (χ2v) is 9.24. The van der Waals surface area contributed by atoms with Crippen LogP contribution >= 0.6 is 11.3 Å². The van der Waals surface area contributed by atoms with Gasteiger partial charge in [-0.1, -0.05) is 18.9 Å². The first-order valence-corrected chi connectivity index (χ1v) is 12.6. The van der Waals surface area contributed by atoms with E-state index in [0.717, 1.165) is 30.6 Å². The van der Waals surface area contributed by atoms with Crippen molar-refractivity contribution in [1.29, 1.82) is 0 Å². The van der Waals surface area contributed by atoms with Crippen molar-refractivity contribution in [3.63, 3.8) is 0 Å². The minimum atomic E-state index is -0.874. The van der Waals surface area contributed by atoms with E-state index in [4.69, 9.17) is 9.15 Å². The van der Waals surface area contributed by atoms with Crippen LogP contribution in [0.5, 0.6) is 5.75 Å². The molecule has 1 atom stereocenters. The first kappa shape index (κ1) is 24.5. The van der Waals surface area contributed by atoms with Gasteiger partial charge in [0, 0.05) is 16.6 Å². The van der Waals surface area contributed by atoms with Crippen molar-refractivity contribution < 1.29 is 23.5 Å². The maximum Gasteiger partial charge on any atom is 0.287 e.